The van der Waals surface area contributed by atoms with E-state index in [1.807, 2.05) is 0 Å². The summed E-state index contributed by atoms with van der Waals surface area (Å²) in [5.74, 6) is -0.805. The Hall–Kier alpha value is -3.35. The molecule has 1 amide bonds. The van der Waals surface area contributed by atoms with Crippen LogP contribution in [0.4, 0.5) is 14.7 Å². The van der Waals surface area contributed by atoms with Crippen LogP contribution in [-0.2, 0) is 13.0 Å². The zero-order valence-electron chi connectivity index (χ0n) is 14.5. The molecular weight excluding hydrogens is 350 g/mol. The van der Waals surface area contributed by atoms with Gasteiger partial charge in [0.25, 0.3) is 5.91 Å². The second kappa shape index (κ2) is 8.84. The van der Waals surface area contributed by atoms with E-state index >= 15 is 0 Å². The fourth-order valence-corrected chi connectivity index (χ4v) is 2.49. The number of anilines is 1. The molecule has 0 radical (unpaired) electrons. The van der Waals surface area contributed by atoms with Crippen molar-refractivity contribution >= 4 is 11.9 Å². The maximum absolute atomic E-state index is 13.6. The number of halogens is 2. The quantitative estimate of drug-likeness (QED) is 0.671. The van der Waals surface area contributed by atoms with Gasteiger partial charge in [0.05, 0.1) is 0 Å². The molecule has 0 aliphatic heterocycles. The Morgan fingerprint density at radius 3 is 2.30 bits per heavy atom. The molecule has 0 saturated heterocycles. The molecule has 0 saturated carbocycles. The van der Waals surface area contributed by atoms with Crippen molar-refractivity contribution in [1.82, 2.24) is 15.3 Å². The van der Waals surface area contributed by atoms with Gasteiger partial charge in [0.2, 0.25) is 5.95 Å². The Labute approximate surface area is 155 Å². The molecule has 5 nitrogen and oxygen atoms in total. The Morgan fingerprint density at radius 1 is 0.926 bits per heavy atom. The number of benzene rings is 2. The van der Waals surface area contributed by atoms with Gasteiger partial charge in [-0.2, -0.15) is 0 Å². The zero-order chi connectivity index (χ0) is 19.1. The lowest BCUT2D eigenvalue weighted by Gasteiger charge is -2.08. The summed E-state index contributed by atoms with van der Waals surface area (Å²) in [5.41, 5.74) is 1.14. The van der Waals surface area contributed by atoms with Gasteiger partial charge in [0.1, 0.15) is 17.3 Å². The van der Waals surface area contributed by atoms with Gasteiger partial charge < -0.3 is 10.6 Å². The highest BCUT2D eigenvalue weighted by Crippen LogP contribution is 2.09. The number of aromatic nitrogens is 2. The van der Waals surface area contributed by atoms with Crippen LogP contribution < -0.4 is 10.6 Å². The maximum atomic E-state index is 13.6. The largest absolute Gasteiger partial charge is 0.354 e. The summed E-state index contributed by atoms with van der Waals surface area (Å²) in [5, 5.41) is 5.60. The average molecular weight is 368 g/mol. The van der Waals surface area contributed by atoms with Crippen LogP contribution >= 0.6 is 0 Å². The minimum Gasteiger partial charge on any atom is -0.354 e. The molecule has 1 aromatic heterocycles. The molecule has 0 atom stereocenters. The molecule has 138 valence electrons. The molecule has 0 aliphatic rings. The first-order valence-electron chi connectivity index (χ1n) is 8.45. The minimum absolute atomic E-state index is 0.0611. The number of nitrogens with one attached hydrogen (secondary N) is 2. The van der Waals surface area contributed by atoms with Crippen LogP contribution in [0.2, 0.25) is 0 Å². The first-order chi connectivity index (χ1) is 13.1. The Bertz CT molecular complexity index is 933. The van der Waals surface area contributed by atoms with Gasteiger partial charge in [0.15, 0.2) is 0 Å². The van der Waals surface area contributed by atoms with Crippen LogP contribution in [0.5, 0.6) is 0 Å². The van der Waals surface area contributed by atoms with Gasteiger partial charge >= 0.3 is 0 Å². The summed E-state index contributed by atoms with van der Waals surface area (Å²) < 4.78 is 27.2. The van der Waals surface area contributed by atoms with Gasteiger partial charge in [0, 0.05) is 24.8 Å². The average Bonchev–Trinajstić information content (AvgIpc) is 2.69. The lowest BCUT2D eigenvalue weighted by atomic mass is 10.1. The molecule has 0 fully saturated rings. The van der Waals surface area contributed by atoms with E-state index in [-0.39, 0.29) is 29.8 Å². The van der Waals surface area contributed by atoms with Crippen molar-refractivity contribution < 1.29 is 13.6 Å². The van der Waals surface area contributed by atoms with E-state index in [1.54, 1.807) is 36.4 Å². The van der Waals surface area contributed by atoms with Crippen molar-refractivity contribution in [3.63, 3.8) is 0 Å². The first kappa shape index (κ1) is 18.4. The summed E-state index contributed by atoms with van der Waals surface area (Å²) in [6.45, 7) is 0.479. The SMILES string of the molecule is O=C(NCc1ccccc1F)c1ccnc(NCCc2ccccc2F)n1. The van der Waals surface area contributed by atoms with Crippen molar-refractivity contribution in [1.29, 1.82) is 0 Å². The molecule has 0 aliphatic carbocycles. The van der Waals surface area contributed by atoms with Crippen LogP contribution in [-0.4, -0.2) is 22.4 Å². The maximum Gasteiger partial charge on any atom is 0.270 e. The zero-order valence-corrected chi connectivity index (χ0v) is 14.5. The van der Waals surface area contributed by atoms with E-state index in [0.717, 1.165) is 0 Å². The number of carbonyl (C=O) groups is 1. The predicted molar refractivity (Wildman–Crippen MR) is 98.2 cm³/mol. The van der Waals surface area contributed by atoms with Crippen LogP contribution in [0, 0.1) is 11.6 Å². The third-order valence-electron chi connectivity index (χ3n) is 3.92. The third kappa shape index (κ3) is 5.07. The highest BCUT2D eigenvalue weighted by atomic mass is 19.1. The van der Waals surface area contributed by atoms with E-state index in [9.17, 15) is 13.6 Å². The van der Waals surface area contributed by atoms with Gasteiger partial charge in [-0.05, 0) is 30.2 Å². The van der Waals surface area contributed by atoms with Crippen LogP contribution in [0.15, 0.2) is 60.8 Å². The lowest BCUT2D eigenvalue weighted by Crippen LogP contribution is -2.24. The Morgan fingerprint density at radius 2 is 1.59 bits per heavy atom. The van der Waals surface area contributed by atoms with E-state index in [1.165, 1.54) is 24.4 Å². The summed E-state index contributed by atoms with van der Waals surface area (Å²) in [7, 11) is 0. The third-order valence-corrected chi connectivity index (χ3v) is 3.92. The molecule has 27 heavy (non-hydrogen) atoms. The molecule has 0 bridgehead atoms. The smallest absolute Gasteiger partial charge is 0.270 e. The fraction of sp³-hybridized carbons (Fsp3) is 0.150. The van der Waals surface area contributed by atoms with Crippen molar-refractivity contribution in [2.24, 2.45) is 0 Å². The fourth-order valence-electron chi connectivity index (χ4n) is 2.49. The molecule has 3 aromatic rings. The molecule has 7 heteroatoms. The molecule has 0 spiro atoms. The first-order valence-corrected chi connectivity index (χ1v) is 8.45. The lowest BCUT2D eigenvalue weighted by molar-refractivity contribution is 0.0945. The summed E-state index contributed by atoms with van der Waals surface area (Å²) in [6.07, 6.45) is 1.91. The Balaban J connectivity index is 1.55. The number of rotatable bonds is 7. The molecule has 3 rings (SSSR count). The van der Waals surface area contributed by atoms with Crippen molar-refractivity contribution in [3.8, 4) is 0 Å². The number of amides is 1. The van der Waals surface area contributed by atoms with Crippen molar-refractivity contribution in [2.75, 3.05) is 11.9 Å². The predicted octanol–water partition coefficient (Wildman–Crippen LogP) is 3.34. The van der Waals surface area contributed by atoms with Gasteiger partial charge in [-0.25, -0.2) is 18.7 Å². The monoisotopic (exact) mass is 368 g/mol. The van der Waals surface area contributed by atoms with E-state index in [4.69, 9.17) is 0 Å². The van der Waals surface area contributed by atoms with Crippen LogP contribution in [0.3, 0.4) is 0 Å². The van der Waals surface area contributed by atoms with Gasteiger partial charge in [-0.3, -0.25) is 4.79 Å². The molecular formula is C20H18F2N4O. The van der Waals surface area contributed by atoms with Crippen molar-refractivity contribution in [2.45, 2.75) is 13.0 Å². The second-order valence-electron chi connectivity index (χ2n) is 5.81. The standard InChI is InChI=1S/C20H18F2N4O/c21-16-7-3-1-5-14(16)9-11-23-20-24-12-10-18(26-20)19(27)25-13-15-6-2-4-8-17(15)22/h1-8,10,12H,9,11,13H2,(H,25,27)(H,23,24,26). The van der Waals surface area contributed by atoms with Gasteiger partial charge in [-0.1, -0.05) is 36.4 Å². The van der Waals surface area contributed by atoms with Crippen LogP contribution in [0.25, 0.3) is 0 Å². The highest BCUT2D eigenvalue weighted by molar-refractivity contribution is 5.92. The van der Waals surface area contributed by atoms with Gasteiger partial charge in [-0.15, -0.1) is 0 Å². The Kier molecular flexibility index (Phi) is 6.04. The normalized spacial score (nSPS) is 10.4. The topological polar surface area (TPSA) is 66.9 Å². The summed E-state index contributed by atoms with van der Waals surface area (Å²) >= 11 is 0. The second-order valence-corrected chi connectivity index (χ2v) is 5.81. The molecule has 2 N–H and O–H groups in total. The summed E-state index contributed by atoms with van der Waals surface area (Å²) in [4.78, 5) is 20.4. The van der Waals surface area contributed by atoms with E-state index in [0.29, 0.717) is 24.1 Å². The van der Waals surface area contributed by atoms with Crippen LogP contribution in [0.1, 0.15) is 21.6 Å². The number of hydrogen-bond acceptors (Lipinski definition) is 4. The number of hydrogen-bond donors (Lipinski definition) is 2. The van der Waals surface area contributed by atoms with E-state index in [2.05, 4.69) is 20.6 Å². The molecule has 0 unspecified atom stereocenters. The summed E-state index contributed by atoms with van der Waals surface area (Å²) in [6, 6.07) is 14.2. The highest BCUT2D eigenvalue weighted by Gasteiger charge is 2.10. The van der Waals surface area contributed by atoms with Crippen molar-refractivity contribution in [3.05, 3.63) is 89.2 Å². The molecule has 1 heterocycles. The number of nitrogens with zero attached hydrogens (tertiary/aromatic N) is 2. The van der Waals surface area contributed by atoms with E-state index < -0.39 is 5.91 Å². The molecule has 2 aromatic carbocycles. The minimum atomic E-state index is -0.433. The number of carbonyl (C=O) groups excluding carboxylic acids is 1.